The molecule has 0 aliphatic rings. The number of rotatable bonds is 8. The predicted octanol–water partition coefficient (Wildman–Crippen LogP) is 1.33. The van der Waals surface area contributed by atoms with Crippen molar-refractivity contribution >= 4 is 23.5 Å². The maximum atomic E-state index is 12.1. The molecule has 2 amide bonds. The molecule has 0 spiro atoms. The lowest BCUT2D eigenvalue weighted by atomic mass is 9.99. The number of hydrogen-bond acceptors (Lipinski definition) is 5. The van der Waals surface area contributed by atoms with Gasteiger partial charge in [0.25, 0.3) is 11.6 Å². The first-order valence-electron chi connectivity index (χ1n) is 7.75. The molecule has 0 saturated carbocycles. The van der Waals surface area contributed by atoms with Crippen molar-refractivity contribution < 1.29 is 24.4 Å². The van der Waals surface area contributed by atoms with Gasteiger partial charge >= 0.3 is 5.97 Å². The van der Waals surface area contributed by atoms with E-state index in [0.29, 0.717) is 6.42 Å². The lowest BCUT2D eigenvalue weighted by Gasteiger charge is -2.22. The first-order valence-corrected chi connectivity index (χ1v) is 7.75. The monoisotopic (exact) mass is 351 g/mol. The maximum absolute atomic E-state index is 12.1. The number of amides is 2. The smallest absolute Gasteiger partial charge is 0.326 e. The van der Waals surface area contributed by atoms with Crippen LogP contribution in [0.3, 0.4) is 0 Å². The Morgan fingerprint density at radius 1 is 1.24 bits per heavy atom. The predicted molar refractivity (Wildman–Crippen MR) is 89.0 cm³/mol. The van der Waals surface area contributed by atoms with E-state index in [1.165, 1.54) is 25.1 Å². The number of nitrogens with one attached hydrogen (secondary N) is 2. The number of carbonyl (C=O) groups is 3. The summed E-state index contributed by atoms with van der Waals surface area (Å²) in [4.78, 5) is 45.6. The third kappa shape index (κ3) is 5.55. The van der Waals surface area contributed by atoms with Crippen molar-refractivity contribution in [3.8, 4) is 0 Å². The van der Waals surface area contributed by atoms with E-state index in [0.717, 1.165) is 6.07 Å². The van der Waals surface area contributed by atoms with Crippen LogP contribution in [0.15, 0.2) is 24.3 Å². The molecule has 0 radical (unpaired) electrons. The summed E-state index contributed by atoms with van der Waals surface area (Å²) in [5, 5.41) is 24.7. The van der Waals surface area contributed by atoms with Crippen molar-refractivity contribution in [3.05, 3.63) is 39.9 Å². The molecular formula is C16H21N3O6. The van der Waals surface area contributed by atoms with Gasteiger partial charge in [-0.3, -0.25) is 19.7 Å². The van der Waals surface area contributed by atoms with E-state index in [4.69, 9.17) is 0 Å². The number of carboxylic acid groups (broad SMARTS) is 1. The molecule has 1 aromatic carbocycles. The highest BCUT2D eigenvalue weighted by Crippen LogP contribution is 2.13. The molecule has 0 bridgehead atoms. The molecule has 0 saturated heterocycles. The molecular weight excluding hydrogens is 330 g/mol. The number of benzene rings is 1. The summed E-state index contributed by atoms with van der Waals surface area (Å²) < 4.78 is 0. The van der Waals surface area contributed by atoms with Gasteiger partial charge < -0.3 is 15.7 Å². The summed E-state index contributed by atoms with van der Waals surface area (Å²) >= 11 is 0. The van der Waals surface area contributed by atoms with Gasteiger partial charge in [0.05, 0.1) is 4.92 Å². The Morgan fingerprint density at radius 2 is 1.88 bits per heavy atom. The fourth-order valence-corrected chi connectivity index (χ4v) is 2.07. The van der Waals surface area contributed by atoms with Gasteiger partial charge in [-0.15, -0.1) is 0 Å². The first kappa shape index (κ1) is 20.1. The fraction of sp³-hybridized carbons (Fsp3) is 0.438. The van der Waals surface area contributed by atoms with E-state index in [1.54, 1.807) is 13.8 Å². The second-order valence-electron chi connectivity index (χ2n) is 5.71. The molecule has 3 atom stereocenters. The Labute approximate surface area is 144 Å². The number of non-ortho nitro benzene ring substituents is 1. The van der Waals surface area contributed by atoms with Crippen LogP contribution >= 0.6 is 0 Å². The summed E-state index contributed by atoms with van der Waals surface area (Å²) in [7, 11) is 0. The van der Waals surface area contributed by atoms with Crippen LogP contribution in [0.5, 0.6) is 0 Å². The third-order valence-electron chi connectivity index (χ3n) is 3.84. The van der Waals surface area contributed by atoms with Gasteiger partial charge in [-0.25, -0.2) is 4.79 Å². The minimum atomic E-state index is -1.15. The molecule has 1 aromatic rings. The zero-order chi connectivity index (χ0) is 19.1. The molecule has 0 aliphatic carbocycles. The highest BCUT2D eigenvalue weighted by Gasteiger charge is 2.28. The quantitative estimate of drug-likeness (QED) is 0.477. The van der Waals surface area contributed by atoms with Crippen molar-refractivity contribution in [3.63, 3.8) is 0 Å². The van der Waals surface area contributed by atoms with Crippen LogP contribution in [0.2, 0.25) is 0 Å². The van der Waals surface area contributed by atoms with Gasteiger partial charge in [-0.1, -0.05) is 26.3 Å². The molecule has 25 heavy (non-hydrogen) atoms. The SMILES string of the molecule is CCC(C)C(NC(=O)C(C)NC(=O)c1cccc([N+](=O)[O-])c1)C(=O)O. The van der Waals surface area contributed by atoms with E-state index in [1.807, 2.05) is 0 Å². The minimum absolute atomic E-state index is 0.0329. The highest BCUT2D eigenvalue weighted by atomic mass is 16.6. The van der Waals surface area contributed by atoms with E-state index in [-0.39, 0.29) is 17.2 Å². The number of aliphatic carboxylic acids is 1. The van der Waals surface area contributed by atoms with Crippen LogP contribution in [0.1, 0.15) is 37.6 Å². The minimum Gasteiger partial charge on any atom is -0.480 e. The van der Waals surface area contributed by atoms with Gasteiger partial charge in [0.15, 0.2) is 0 Å². The van der Waals surface area contributed by atoms with Crippen molar-refractivity contribution in [2.75, 3.05) is 0 Å². The fourth-order valence-electron chi connectivity index (χ4n) is 2.07. The number of carbonyl (C=O) groups excluding carboxylic acids is 2. The van der Waals surface area contributed by atoms with Gasteiger partial charge in [-0.05, 0) is 18.9 Å². The van der Waals surface area contributed by atoms with Crippen molar-refractivity contribution in [1.82, 2.24) is 10.6 Å². The molecule has 9 heteroatoms. The second kappa shape index (κ2) is 8.76. The first-order chi connectivity index (χ1) is 11.7. The average Bonchev–Trinajstić information content (AvgIpc) is 2.58. The van der Waals surface area contributed by atoms with E-state index in [9.17, 15) is 29.6 Å². The molecule has 0 fully saturated rings. The Kier molecular flexibility index (Phi) is 7.04. The van der Waals surface area contributed by atoms with Crippen molar-refractivity contribution in [2.24, 2.45) is 5.92 Å². The van der Waals surface area contributed by atoms with Crippen molar-refractivity contribution in [2.45, 2.75) is 39.3 Å². The van der Waals surface area contributed by atoms with Crippen molar-refractivity contribution in [1.29, 1.82) is 0 Å². The number of nitro benzene ring substituents is 1. The average molecular weight is 351 g/mol. The zero-order valence-corrected chi connectivity index (χ0v) is 14.2. The van der Waals surface area contributed by atoms with Gasteiger partial charge in [-0.2, -0.15) is 0 Å². The summed E-state index contributed by atoms with van der Waals surface area (Å²) in [5.41, 5.74) is -0.210. The molecule has 9 nitrogen and oxygen atoms in total. The lowest BCUT2D eigenvalue weighted by molar-refractivity contribution is -0.384. The highest BCUT2D eigenvalue weighted by molar-refractivity contribution is 5.98. The van der Waals surface area contributed by atoms with Crippen LogP contribution in [0.4, 0.5) is 5.69 Å². The Balaban J connectivity index is 2.77. The normalized spacial score (nSPS) is 14.0. The summed E-state index contributed by atoms with van der Waals surface area (Å²) in [5.74, 6) is -2.74. The van der Waals surface area contributed by atoms with Gasteiger partial charge in [0.2, 0.25) is 5.91 Å². The third-order valence-corrected chi connectivity index (χ3v) is 3.84. The Hall–Kier alpha value is -2.97. The maximum Gasteiger partial charge on any atom is 0.326 e. The van der Waals surface area contributed by atoms with Crippen LogP contribution in [-0.4, -0.2) is 39.9 Å². The molecule has 0 aromatic heterocycles. The van der Waals surface area contributed by atoms with Crippen LogP contribution in [-0.2, 0) is 9.59 Å². The molecule has 3 unspecified atom stereocenters. The van der Waals surface area contributed by atoms with E-state index in [2.05, 4.69) is 10.6 Å². The molecule has 0 heterocycles. The number of hydrogen-bond donors (Lipinski definition) is 3. The molecule has 0 aliphatic heterocycles. The lowest BCUT2D eigenvalue weighted by Crippen LogP contribution is -2.52. The van der Waals surface area contributed by atoms with E-state index >= 15 is 0 Å². The van der Waals surface area contributed by atoms with Gasteiger partial charge in [0.1, 0.15) is 12.1 Å². The Bertz CT molecular complexity index is 676. The number of carboxylic acids is 1. The topological polar surface area (TPSA) is 139 Å². The zero-order valence-electron chi connectivity index (χ0n) is 14.2. The standard InChI is InChI=1S/C16H21N3O6/c1-4-9(2)13(16(22)23)18-14(20)10(3)17-15(21)11-6-5-7-12(8-11)19(24)25/h5-10,13H,4H2,1-3H3,(H,17,21)(H,18,20)(H,22,23). The van der Waals surface area contributed by atoms with Crippen LogP contribution < -0.4 is 10.6 Å². The summed E-state index contributed by atoms with van der Waals surface area (Å²) in [6, 6.07) is 3.02. The molecule has 136 valence electrons. The summed E-state index contributed by atoms with van der Waals surface area (Å²) in [6.07, 6.45) is 0.561. The second-order valence-corrected chi connectivity index (χ2v) is 5.71. The number of nitro groups is 1. The Morgan fingerprint density at radius 3 is 2.40 bits per heavy atom. The largest absolute Gasteiger partial charge is 0.480 e. The van der Waals surface area contributed by atoms with Crippen LogP contribution in [0.25, 0.3) is 0 Å². The van der Waals surface area contributed by atoms with Crippen LogP contribution in [0, 0.1) is 16.0 Å². The summed E-state index contributed by atoms with van der Waals surface area (Å²) in [6.45, 7) is 4.91. The van der Waals surface area contributed by atoms with Gasteiger partial charge in [0, 0.05) is 17.7 Å². The number of nitrogens with zero attached hydrogens (tertiary/aromatic N) is 1. The molecule has 1 rings (SSSR count). The van der Waals surface area contributed by atoms with E-state index < -0.39 is 34.8 Å². The molecule has 3 N–H and O–H groups in total.